The van der Waals surface area contributed by atoms with Gasteiger partial charge >= 0.3 is 5.97 Å². The predicted octanol–water partition coefficient (Wildman–Crippen LogP) is 3.00. The number of carbonyl (C=O) groups excluding carboxylic acids is 1. The summed E-state index contributed by atoms with van der Waals surface area (Å²) in [7, 11) is 0. The molecule has 1 saturated heterocycles. The van der Waals surface area contributed by atoms with Crippen LogP contribution in [0.2, 0.25) is 0 Å². The Bertz CT molecular complexity index is 611. The van der Waals surface area contributed by atoms with E-state index in [1.54, 1.807) is 0 Å². The van der Waals surface area contributed by atoms with E-state index in [2.05, 4.69) is 17.1 Å². The molecule has 0 spiro atoms. The Balaban J connectivity index is 1.70. The monoisotopic (exact) mass is 336 g/mol. The lowest BCUT2D eigenvalue weighted by Crippen LogP contribution is -2.39. The van der Waals surface area contributed by atoms with Crippen LogP contribution >= 0.6 is 11.3 Å². The van der Waals surface area contributed by atoms with Crippen molar-refractivity contribution in [3.05, 3.63) is 16.0 Å². The van der Waals surface area contributed by atoms with Crippen molar-refractivity contribution in [3.63, 3.8) is 0 Å². The molecule has 1 atom stereocenters. The number of nitrogens with zero attached hydrogens (tertiary/aromatic N) is 1. The third-order valence-electron chi connectivity index (χ3n) is 4.75. The normalized spacial score (nSPS) is 21.7. The van der Waals surface area contributed by atoms with Gasteiger partial charge in [0.15, 0.2) is 0 Å². The first-order valence-electron chi connectivity index (χ1n) is 8.44. The SMILES string of the molecule is CC1CCCN(CC(=O)Nc2sc3c(c2C(=O)O)CCCC3)C1. The first-order chi connectivity index (χ1) is 11.0. The molecule has 1 aliphatic carbocycles. The van der Waals surface area contributed by atoms with Gasteiger partial charge in [0.1, 0.15) is 5.00 Å². The summed E-state index contributed by atoms with van der Waals surface area (Å²) in [4.78, 5) is 27.2. The largest absolute Gasteiger partial charge is 0.478 e. The summed E-state index contributed by atoms with van der Waals surface area (Å²) in [5, 5.41) is 12.9. The highest BCUT2D eigenvalue weighted by Gasteiger charge is 2.26. The number of likely N-dealkylation sites (tertiary alicyclic amines) is 1. The van der Waals surface area contributed by atoms with Crippen LogP contribution < -0.4 is 5.32 Å². The lowest BCUT2D eigenvalue weighted by atomic mass is 9.95. The number of anilines is 1. The smallest absolute Gasteiger partial charge is 0.339 e. The van der Waals surface area contributed by atoms with Crippen LogP contribution in [0.1, 0.15) is 53.4 Å². The van der Waals surface area contributed by atoms with E-state index in [-0.39, 0.29) is 5.91 Å². The van der Waals surface area contributed by atoms with Crippen LogP contribution in [0.3, 0.4) is 0 Å². The van der Waals surface area contributed by atoms with Crippen molar-refractivity contribution in [2.24, 2.45) is 5.92 Å². The molecule has 23 heavy (non-hydrogen) atoms. The van der Waals surface area contributed by atoms with Crippen molar-refractivity contribution < 1.29 is 14.7 Å². The van der Waals surface area contributed by atoms with Gasteiger partial charge in [0, 0.05) is 11.4 Å². The van der Waals surface area contributed by atoms with E-state index in [0.29, 0.717) is 23.0 Å². The standard InChI is InChI=1S/C17H24N2O3S/c1-11-5-4-8-19(9-11)10-14(20)18-16-15(17(21)22)12-6-2-3-7-13(12)23-16/h11H,2-10H2,1H3,(H,18,20)(H,21,22). The zero-order valence-corrected chi connectivity index (χ0v) is 14.4. The van der Waals surface area contributed by atoms with Gasteiger partial charge in [-0.25, -0.2) is 4.79 Å². The number of carbonyl (C=O) groups is 2. The van der Waals surface area contributed by atoms with Crippen LogP contribution in [-0.2, 0) is 17.6 Å². The number of rotatable bonds is 4. The first kappa shape index (κ1) is 16.5. The number of aromatic carboxylic acids is 1. The predicted molar refractivity (Wildman–Crippen MR) is 91.4 cm³/mol. The molecule has 2 heterocycles. The highest BCUT2D eigenvalue weighted by Crippen LogP contribution is 2.38. The topological polar surface area (TPSA) is 69.6 Å². The maximum Gasteiger partial charge on any atom is 0.339 e. The zero-order valence-electron chi connectivity index (χ0n) is 13.6. The van der Waals surface area contributed by atoms with E-state index in [1.807, 2.05) is 0 Å². The number of aryl methyl sites for hydroxylation is 1. The van der Waals surface area contributed by atoms with Crippen molar-refractivity contribution in [3.8, 4) is 0 Å². The molecule has 1 aliphatic heterocycles. The molecule has 3 rings (SSSR count). The Morgan fingerprint density at radius 1 is 1.30 bits per heavy atom. The lowest BCUT2D eigenvalue weighted by molar-refractivity contribution is -0.117. The minimum Gasteiger partial charge on any atom is -0.478 e. The summed E-state index contributed by atoms with van der Waals surface area (Å²) in [5.41, 5.74) is 1.26. The number of fused-ring (bicyclic) bond motifs is 1. The third kappa shape index (κ3) is 3.75. The average Bonchev–Trinajstić information content (AvgIpc) is 2.84. The van der Waals surface area contributed by atoms with E-state index in [4.69, 9.17) is 0 Å². The highest BCUT2D eigenvalue weighted by molar-refractivity contribution is 7.17. The molecule has 5 nitrogen and oxygen atoms in total. The van der Waals surface area contributed by atoms with E-state index in [1.165, 1.54) is 17.8 Å². The van der Waals surface area contributed by atoms with Crippen molar-refractivity contribution >= 4 is 28.2 Å². The van der Waals surface area contributed by atoms with Crippen molar-refractivity contribution in [2.45, 2.75) is 45.4 Å². The maximum absolute atomic E-state index is 12.3. The Morgan fingerprint density at radius 3 is 2.83 bits per heavy atom. The molecule has 1 amide bonds. The zero-order chi connectivity index (χ0) is 16.4. The molecule has 1 unspecified atom stereocenters. The van der Waals surface area contributed by atoms with Gasteiger partial charge in [-0.15, -0.1) is 11.3 Å². The molecule has 0 saturated carbocycles. The lowest BCUT2D eigenvalue weighted by Gasteiger charge is -2.30. The molecule has 2 N–H and O–H groups in total. The summed E-state index contributed by atoms with van der Waals surface area (Å²) < 4.78 is 0. The van der Waals surface area contributed by atoms with Gasteiger partial charge in [-0.05, 0) is 56.6 Å². The Morgan fingerprint density at radius 2 is 2.09 bits per heavy atom. The fourth-order valence-electron chi connectivity index (χ4n) is 3.68. The second kappa shape index (κ2) is 7.01. The first-order valence-corrected chi connectivity index (χ1v) is 9.26. The molecule has 2 aliphatic rings. The maximum atomic E-state index is 12.3. The molecule has 0 bridgehead atoms. The van der Waals surface area contributed by atoms with Gasteiger partial charge in [-0.2, -0.15) is 0 Å². The molecule has 1 aromatic rings. The summed E-state index contributed by atoms with van der Waals surface area (Å²) in [6, 6.07) is 0. The summed E-state index contributed by atoms with van der Waals surface area (Å²) in [6.07, 6.45) is 6.22. The fourth-order valence-corrected chi connectivity index (χ4v) is 4.98. The van der Waals surface area contributed by atoms with Gasteiger partial charge in [0.2, 0.25) is 5.91 Å². The minimum atomic E-state index is -0.925. The van der Waals surface area contributed by atoms with Gasteiger partial charge < -0.3 is 10.4 Å². The van der Waals surface area contributed by atoms with Crippen molar-refractivity contribution in [1.29, 1.82) is 0 Å². The van der Waals surface area contributed by atoms with E-state index >= 15 is 0 Å². The number of amides is 1. The van der Waals surface area contributed by atoms with Crippen LogP contribution in [0, 0.1) is 5.92 Å². The van der Waals surface area contributed by atoms with Crippen LogP contribution in [0.4, 0.5) is 5.00 Å². The summed E-state index contributed by atoms with van der Waals surface area (Å²) >= 11 is 1.45. The van der Waals surface area contributed by atoms with E-state index < -0.39 is 5.97 Å². The number of carboxylic acid groups (broad SMARTS) is 1. The number of piperidine rings is 1. The Hall–Kier alpha value is -1.40. The second-order valence-electron chi connectivity index (χ2n) is 6.75. The molecule has 6 heteroatoms. The third-order valence-corrected chi connectivity index (χ3v) is 5.95. The number of hydrogen-bond acceptors (Lipinski definition) is 4. The van der Waals surface area contributed by atoms with Gasteiger partial charge in [-0.1, -0.05) is 6.92 Å². The van der Waals surface area contributed by atoms with E-state index in [0.717, 1.165) is 55.6 Å². The van der Waals surface area contributed by atoms with Crippen LogP contribution in [0.25, 0.3) is 0 Å². The van der Waals surface area contributed by atoms with Gasteiger partial charge in [0.25, 0.3) is 0 Å². The number of hydrogen-bond donors (Lipinski definition) is 2. The highest BCUT2D eigenvalue weighted by atomic mass is 32.1. The van der Waals surface area contributed by atoms with Crippen molar-refractivity contribution in [2.75, 3.05) is 25.0 Å². The molecular formula is C17H24N2O3S. The molecular weight excluding hydrogens is 312 g/mol. The van der Waals surface area contributed by atoms with Crippen molar-refractivity contribution in [1.82, 2.24) is 4.90 Å². The Labute approximate surface area is 140 Å². The van der Waals surface area contributed by atoms with Crippen LogP contribution in [-0.4, -0.2) is 41.5 Å². The molecule has 1 fully saturated rings. The van der Waals surface area contributed by atoms with Crippen LogP contribution in [0.5, 0.6) is 0 Å². The molecule has 0 aromatic carbocycles. The summed E-state index contributed by atoms with van der Waals surface area (Å²) in [6.45, 7) is 4.45. The molecule has 0 radical (unpaired) electrons. The molecule has 1 aromatic heterocycles. The van der Waals surface area contributed by atoms with Gasteiger partial charge in [-0.3, -0.25) is 9.69 Å². The Kier molecular flexibility index (Phi) is 5.02. The van der Waals surface area contributed by atoms with Gasteiger partial charge in [0.05, 0.1) is 12.1 Å². The fraction of sp³-hybridized carbons (Fsp3) is 0.647. The quantitative estimate of drug-likeness (QED) is 0.887. The minimum absolute atomic E-state index is 0.0970. The van der Waals surface area contributed by atoms with E-state index in [9.17, 15) is 14.7 Å². The molecule has 126 valence electrons. The number of carboxylic acids is 1. The number of thiophene rings is 1. The number of nitrogens with one attached hydrogen (secondary N) is 1. The van der Waals surface area contributed by atoms with Crippen LogP contribution in [0.15, 0.2) is 0 Å². The summed E-state index contributed by atoms with van der Waals surface area (Å²) in [5.74, 6) is -0.397. The second-order valence-corrected chi connectivity index (χ2v) is 7.86. The average molecular weight is 336 g/mol.